The summed E-state index contributed by atoms with van der Waals surface area (Å²) in [5.41, 5.74) is -0.187. The summed E-state index contributed by atoms with van der Waals surface area (Å²) in [6.07, 6.45) is 1.41. The van der Waals surface area contributed by atoms with E-state index in [1.807, 2.05) is 6.92 Å². The van der Waals surface area contributed by atoms with Gasteiger partial charge in [0.15, 0.2) is 5.82 Å². The van der Waals surface area contributed by atoms with Crippen LogP contribution in [0, 0.1) is 0 Å². The largest absolute Gasteiger partial charge is 0.343 e. The number of carbonyl (C=O) groups is 1. The first-order chi connectivity index (χ1) is 7.22. The van der Waals surface area contributed by atoms with Gasteiger partial charge in [0.1, 0.15) is 0 Å². The van der Waals surface area contributed by atoms with Gasteiger partial charge in [-0.2, -0.15) is 5.10 Å². The number of aromatic amines is 1. The van der Waals surface area contributed by atoms with E-state index in [4.69, 9.17) is 0 Å². The van der Waals surface area contributed by atoms with Crippen LogP contribution in [0.5, 0.6) is 0 Å². The second-order valence-corrected chi connectivity index (χ2v) is 3.66. The van der Waals surface area contributed by atoms with Crippen molar-refractivity contribution in [2.45, 2.75) is 32.9 Å². The molecule has 0 unspecified atom stereocenters. The summed E-state index contributed by atoms with van der Waals surface area (Å²) < 4.78 is 1.58. The molecule has 0 aliphatic carbocycles. The number of fused-ring (bicyclic) bond motifs is 1. The molecule has 0 aromatic carbocycles. The Morgan fingerprint density at radius 2 is 2.33 bits per heavy atom. The van der Waals surface area contributed by atoms with Crippen molar-refractivity contribution in [1.29, 1.82) is 0 Å². The number of aromatic nitrogens is 3. The van der Waals surface area contributed by atoms with E-state index in [9.17, 15) is 9.59 Å². The Kier molecular flexibility index (Phi) is 2.57. The van der Waals surface area contributed by atoms with E-state index >= 15 is 0 Å². The summed E-state index contributed by atoms with van der Waals surface area (Å²) in [6.45, 7) is 3.56. The Balaban J connectivity index is 2.12. The van der Waals surface area contributed by atoms with Crippen molar-refractivity contribution in [3.63, 3.8) is 0 Å². The maximum Gasteiger partial charge on any atom is 0.343 e. The van der Waals surface area contributed by atoms with Gasteiger partial charge in [-0.3, -0.25) is 9.36 Å². The third kappa shape index (κ3) is 1.79. The molecule has 2 rings (SSSR count). The van der Waals surface area contributed by atoms with Crippen molar-refractivity contribution in [2.24, 2.45) is 0 Å². The Morgan fingerprint density at radius 3 is 3.07 bits per heavy atom. The Bertz CT molecular complexity index is 420. The van der Waals surface area contributed by atoms with E-state index in [2.05, 4.69) is 10.2 Å². The van der Waals surface area contributed by atoms with Crippen molar-refractivity contribution in [3.8, 4) is 0 Å². The second kappa shape index (κ2) is 3.88. The van der Waals surface area contributed by atoms with Crippen LogP contribution in [0.3, 0.4) is 0 Å². The topological polar surface area (TPSA) is 71.0 Å². The molecule has 0 fully saturated rings. The molecule has 6 heteroatoms. The average Bonchev–Trinajstić information content (AvgIpc) is 2.60. The normalized spacial score (nSPS) is 15.1. The molecule has 15 heavy (non-hydrogen) atoms. The Hall–Kier alpha value is -1.59. The maximum absolute atomic E-state index is 11.6. The van der Waals surface area contributed by atoms with Crippen LogP contribution in [-0.2, 0) is 17.9 Å². The van der Waals surface area contributed by atoms with E-state index in [1.165, 1.54) is 0 Å². The molecular weight excluding hydrogens is 196 g/mol. The maximum atomic E-state index is 11.6. The molecule has 0 spiro atoms. The fourth-order valence-corrected chi connectivity index (χ4v) is 1.76. The first kappa shape index (κ1) is 9.95. The van der Waals surface area contributed by atoms with Gasteiger partial charge >= 0.3 is 5.69 Å². The number of hydrogen-bond donors (Lipinski definition) is 1. The molecular formula is C9H14N4O2. The van der Waals surface area contributed by atoms with Crippen LogP contribution in [0.25, 0.3) is 0 Å². The predicted octanol–water partition coefficient (Wildman–Crippen LogP) is -0.286. The zero-order chi connectivity index (χ0) is 10.8. The molecule has 0 saturated carbocycles. The van der Waals surface area contributed by atoms with Gasteiger partial charge < -0.3 is 4.90 Å². The van der Waals surface area contributed by atoms with Crippen LogP contribution in [-0.4, -0.2) is 32.1 Å². The first-order valence-electron chi connectivity index (χ1n) is 5.14. The number of nitrogens with one attached hydrogen (secondary N) is 1. The highest BCUT2D eigenvalue weighted by Crippen LogP contribution is 2.08. The minimum absolute atomic E-state index is 0.138. The van der Waals surface area contributed by atoms with Gasteiger partial charge in [0.2, 0.25) is 5.91 Å². The summed E-state index contributed by atoms with van der Waals surface area (Å²) in [5, 5.41) is 6.27. The molecule has 0 radical (unpaired) electrons. The quantitative estimate of drug-likeness (QED) is 0.729. The van der Waals surface area contributed by atoms with Gasteiger partial charge in [-0.25, -0.2) is 9.89 Å². The smallest absolute Gasteiger partial charge is 0.333 e. The number of carbonyl (C=O) groups excluding carboxylic acids is 1. The van der Waals surface area contributed by atoms with Gasteiger partial charge in [0, 0.05) is 19.5 Å². The van der Waals surface area contributed by atoms with E-state index in [0.717, 1.165) is 6.42 Å². The van der Waals surface area contributed by atoms with Gasteiger partial charge in [-0.15, -0.1) is 0 Å². The average molecular weight is 210 g/mol. The molecule has 1 N–H and O–H groups in total. The zero-order valence-corrected chi connectivity index (χ0v) is 8.69. The fraction of sp³-hybridized carbons (Fsp3) is 0.667. The van der Waals surface area contributed by atoms with Gasteiger partial charge in [-0.05, 0) is 6.42 Å². The number of amides is 1. The van der Waals surface area contributed by atoms with Crippen LogP contribution in [0.15, 0.2) is 4.79 Å². The van der Waals surface area contributed by atoms with Crippen molar-refractivity contribution in [2.75, 3.05) is 6.54 Å². The third-order valence-electron chi connectivity index (χ3n) is 2.58. The van der Waals surface area contributed by atoms with E-state index in [1.54, 1.807) is 9.47 Å². The number of nitrogens with zero attached hydrogens (tertiary/aromatic N) is 3. The predicted molar refractivity (Wildman–Crippen MR) is 53.2 cm³/mol. The standard InChI is InChI=1S/C9H14N4O2/c1-2-3-8(14)12-4-5-13-7(6-12)10-11-9(13)15/h2-6H2,1H3,(H,11,15). The number of hydrogen-bond acceptors (Lipinski definition) is 3. The molecule has 1 amide bonds. The fourth-order valence-electron chi connectivity index (χ4n) is 1.76. The number of rotatable bonds is 2. The minimum Gasteiger partial charge on any atom is -0.333 e. The monoisotopic (exact) mass is 210 g/mol. The van der Waals surface area contributed by atoms with Crippen molar-refractivity contribution < 1.29 is 4.79 Å². The molecule has 1 aromatic heterocycles. The van der Waals surface area contributed by atoms with Gasteiger partial charge in [0.25, 0.3) is 0 Å². The summed E-state index contributed by atoms with van der Waals surface area (Å²) >= 11 is 0. The molecule has 0 atom stereocenters. The third-order valence-corrected chi connectivity index (χ3v) is 2.58. The van der Waals surface area contributed by atoms with Crippen LogP contribution in [0.4, 0.5) is 0 Å². The van der Waals surface area contributed by atoms with E-state index in [-0.39, 0.29) is 11.6 Å². The minimum atomic E-state index is -0.187. The van der Waals surface area contributed by atoms with Crippen LogP contribution >= 0.6 is 0 Å². The Morgan fingerprint density at radius 1 is 1.53 bits per heavy atom. The molecule has 1 aliphatic heterocycles. The van der Waals surface area contributed by atoms with Crippen LogP contribution < -0.4 is 5.69 Å². The summed E-state index contributed by atoms with van der Waals surface area (Å²) in [7, 11) is 0. The molecule has 82 valence electrons. The highest BCUT2D eigenvalue weighted by atomic mass is 16.2. The lowest BCUT2D eigenvalue weighted by Crippen LogP contribution is -2.40. The Labute approximate surface area is 86.9 Å². The van der Waals surface area contributed by atoms with Crippen LogP contribution in [0.1, 0.15) is 25.6 Å². The van der Waals surface area contributed by atoms with Crippen molar-refractivity contribution in [1.82, 2.24) is 19.7 Å². The number of H-pyrrole nitrogens is 1. The highest BCUT2D eigenvalue weighted by molar-refractivity contribution is 5.76. The molecule has 6 nitrogen and oxygen atoms in total. The highest BCUT2D eigenvalue weighted by Gasteiger charge is 2.22. The SMILES string of the molecule is CCCC(=O)N1CCn2c(n[nH]c2=O)C1. The lowest BCUT2D eigenvalue weighted by molar-refractivity contribution is -0.132. The summed E-state index contributed by atoms with van der Waals surface area (Å²) in [5.74, 6) is 0.787. The molecule has 0 saturated heterocycles. The van der Waals surface area contributed by atoms with Crippen molar-refractivity contribution in [3.05, 3.63) is 16.3 Å². The van der Waals surface area contributed by atoms with Crippen LogP contribution in [0.2, 0.25) is 0 Å². The van der Waals surface area contributed by atoms with E-state index < -0.39 is 0 Å². The van der Waals surface area contributed by atoms with Gasteiger partial charge in [-0.1, -0.05) is 6.92 Å². The second-order valence-electron chi connectivity index (χ2n) is 3.66. The molecule has 2 heterocycles. The molecule has 1 aromatic rings. The molecule has 1 aliphatic rings. The lowest BCUT2D eigenvalue weighted by Gasteiger charge is -2.26. The summed E-state index contributed by atoms with van der Waals surface area (Å²) in [6, 6.07) is 0. The van der Waals surface area contributed by atoms with Gasteiger partial charge in [0.05, 0.1) is 6.54 Å². The lowest BCUT2D eigenvalue weighted by atomic mass is 10.2. The zero-order valence-electron chi connectivity index (χ0n) is 8.69. The summed E-state index contributed by atoms with van der Waals surface area (Å²) in [4.78, 5) is 24.6. The first-order valence-corrected chi connectivity index (χ1v) is 5.14. The van der Waals surface area contributed by atoms with Crippen molar-refractivity contribution >= 4 is 5.91 Å². The molecule has 0 bridgehead atoms. The van der Waals surface area contributed by atoms with E-state index in [0.29, 0.717) is 31.9 Å².